The Hall–Kier alpha value is -1.46. The third-order valence-electron chi connectivity index (χ3n) is 4.96. The summed E-state index contributed by atoms with van der Waals surface area (Å²) in [6.07, 6.45) is 7.28. The van der Waals surface area contributed by atoms with Gasteiger partial charge in [-0.05, 0) is 48.4 Å². The summed E-state index contributed by atoms with van der Waals surface area (Å²) in [6, 6.07) is 2.91. The number of hydroxylamine groups is 1. The lowest BCUT2D eigenvalue weighted by Gasteiger charge is -2.33. The largest absolute Gasteiger partial charge is 0.298 e. The van der Waals surface area contributed by atoms with E-state index in [4.69, 9.17) is 5.21 Å². The number of nitrogens with zero attached hydrogens (tertiary/aromatic N) is 1. The summed E-state index contributed by atoms with van der Waals surface area (Å²) in [6.45, 7) is 2.64. The van der Waals surface area contributed by atoms with Crippen LogP contribution in [0.25, 0.3) is 0 Å². The molecule has 0 spiro atoms. The fraction of sp³-hybridized carbons (Fsp3) is 0.588. The molecule has 0 unspecified atom stereocenters. The highest BCUT2D eigenvalue weighted by atomic mass is 19.1. The Morgan fingerprint density at radius 1 is 1.32 bits per heavy atom. The molecule has 0 saturated heterocycles. The molecule has 22 heavy (non-hydrogen) atoms. The summed E-state index contributed by atoms with van der Waals surface area (Å²) < 4.78 is 14.1. The van der Waals surface area contributed by atoms with Crippen molar-refractivity contribution in [3.8, 4) is 0 Å². The second kappa shape index (κ2) is 6.75. The molecule has 1 amide bonds. The number of amides is 1. The van der Waals surface area contributed by atoms with E-state index < -0.39 is 5.91 Å². The second-order valence-electron chi connectivity index (χ2n) is 6.53. The third-order valence-corrected chi connectivity index (χ3v) is 4.96. The van der Waals surface area contributed by atoms with Crippen LogP contribution in [0.2, 0.25) is 0 Å². The quantitative estimate of drug-likeness (QED) is 0.667. The highest BCUT2D eigenvalue weighted by Crippen LogP contribution is 2.28. The lowest BCUT2D eigenvalue weighted by Crippen LogP contribution is -2.36. The van der Waals surface area contributed by atoms with Gasteiger partial charge >= 0.3 is 0 Å². The summed E-state index contributed by atoms with van der Waals surface area (Å²) in [4.78, 5) is 13.9. The molecule has 2 aliphatic rings. The van der Waals surface area contributed by atoms with E-state index in [1.807, 2.05) is 0 Å². The number of carbonyl (C=O) groups excluding carboxylic acids is 1. The molecule has 0 radical (unpaired) electrons. The normalized spacial score (nSPS) is 19.7. The molecule has 3 rings (SSSR count). The van der Waals surface area contributed by atoms with Gasteiger partial charge in [0.2, 0.25) is 0 Å². The molecule has 2 N–H and O–H groups in total. The molecule has 1 aliphatic carbocycles. The monoisotopic (exact) mass is 306 g/mol. The zero-order chi connectivity index (χ0) is 15.5. The molecular formula is C17H23FN2O2. The van der Waals surface area contributed by atoms with Gasteiger partial charge in [0.1, 0.15) is 5.82 Å². The molecule has 120 valence electrons. The zero-order valence-electron chi connectivity index (χ0n) is 12.8. The molecule has 1 aromatic carbocycles. The molecule has 5 heteroatoms. The molecule has 1 fully saturated rings. The van der Waals surface area contributed by atoms with Gasteiger partial charge in [0.15, 0.2) is 0 Å². The van der Waals surface area contributed by atoms with Crippen molar-refractivity contribution in [1.82, 2.24) is 10.4 Å². The van der Waals surface area contributed by atoms with E-state index in [2.05, 4.69) is 4.90 Å². The van der Waals surface area contributed by atoms with Gasteiger partial charge in [-0.25, -0.2) is 9.87 Å². The van der Waals surface area contributed by atoms with Crippen LogP contribution in [-0.2, 0) is 13.0 Å². The van der Waals surface area contributed by atoms with Gasteiger partial charge in [-0.15, -0.1) is 0 Å². The van der Waals surface area contributed by atoms with Crippen LogP contribution in [0.4, 0.5) is 4.39 Å². The van der Waals surface area contributed by atoms with E-state index in [9.17, 15) is 9.18 Å². The average molecular weight is 306 g/mol. The third kappa shape index (κ3) is 3.31. The van der Waals surface area contributed by atoms with Crippen molar-refractivity contribution in [2.75, 3.05) is 13.1 Å². The Bertz CT molecular complexity index is 556. The number of hydrogen-bond donors (Lipinski definition) is 2. The minimum Gasteiger partial charge on any atom is -0.298 e. The minimum atomic E-state index is -0.661. The summed E-state index contributed by atoms with van der Waals surface area (Å²) >= 11 is 0. The molecule has 0 atom stereocenters. The van der Waals surface area contributed by atoms with Gasteiger partial charge in [-0.3, -0.25) is 14.9 Å². The van der Waals surface area contributed by atoms with Gasteiger partial charge in [-0.2, -0.15) is 0 Å². The average Bonchev–Trinajstić information content (AvgIpc) is 2.54. The van der Waals surface area contributed by atoms with Gasteiger partial charge in [0.05, 0.1) is 0 Å². The van der Waals surface area contributed by atoms with Crippen molar-refractivity contribution in [2.24, 2.45) is 5.92 Å². The molecule has 0 aromatic heterocycles. The van der Waals surface area contributed by atoms with Crippen LogP contribution in [0.1, 0.15) is 53.6 Å². The number of rotatable bonds is 3. The van der Waals surface area contributed by atoms with E-state index in [0.29, 0.717) is 13.0 Å². The van der Waals surface area contributed by atoms with Gasteiger partial charge in [0.25, 0.3) is 5.91 Å². The van der Waals surface area contributed by atoms with E-state index in [1.54, 1.807) is 11.5 Å². The minimum absolute atomic E-state index is 0.179. The number of nitrogens with one attached hydrogen (secondary N) is 1. The van der Waals surface area contributed by atoms with Crippen molar-refractivity contribution in [2.45, 2.75) is 45.1 Å². The molecular weight excluding hydrogens is 283 g/mol. The molecule has 4 nitrogen and oxygen atoms in total. The van der Waals surface area contributed by atoms with E-state index in [-0.39, 0.29) is 11.4 Å². The Kier molecular flexibility index (Phi) is 4.74. The lowest BCUT2D eigenvalue weighted by molar-refractivity contribution is 0.0705. The SMILES string of the molecule is O=C(NO)c1cc(F)c2c(c1)CN(CC1CCCCC1)CC2. The first-order valence-electron chi connectivity index (χ1n) is 8.15. The van der Waals surface area contributed by atoms with E-state index in [1.165, 1.54) is 38.2 Å². The van der Waals surface area contributed by atoms with Crippen LogP contribution < -0.4 is 5.48 Å². The van der Waals surface area contributed by atoms with E-state index >= 15 is 0 Å². The lowest BCUT2D eigenvalue weighted by atomic mass is 9.88. The van der Waals surface area contributed by atoms with Gasteiger partial charge < -0.3 is 0 Å². The Balaban J connectivity index is 1.73. The van der Waals surface area contributed by atoms with Gasteiger partial charge in [-0.1, -0.05) is 19.3 Å². The standard InChI is InChI=1S/C17H23FN2O2/c18-16-9-13(17(21)19-22)8-14-11-20(7-6-15(14)16)10-12-4-2-1-3-5-12/h8-9,12,22H,1-7,10-11H2,(H,19,21). The van der Waals surface area contributed by atoms with E-state index in [0.717, 1.165) is 30.1 Å². The van der Waals surface area contributed by atoms with Crippen molar-refractivity contribution >= 4 is 5.91 Å². The number of benzene rings is 1. The second-order valence-corrected chi connectivity index (χ2v) is 6.53. The van der Waals surface area contributed by atoms with Crippen LogP contribution in [0.5, 0.6) is 0 Å². The van der Waals surface area contributed by atoms with Crippen molar-refractivity contribution in [1.29, 1.82) is 0 Å². The summed E-state index contributed by atoms with van der Waals surface area (Å²) in [5.74, 6) is -0.247. The van der Waals surface area contributed by atoms with Crippen molar-refractivity contribution in [3.05, 3.63) is 34.6 Å². The summed E-state index contributed by atoms with van der Waals surface area (Å²) in [5, 5.41) is 8.72. The van der Waals surface area contributed by atoms with Crippen LogP contribution in [0.15, 0.2) is 12.1 Å². The maximum absolute atomic E-state index is 14.1. The number of fused-ring (bicyclic) bond motifs is 1. The van der Waals surface area contributed by atoms with Crippen LogP contribution in [-0.4, -0.2) is 29.1 Å². The van der Waals surface area contributed by atoms with Crippen molar-refractivity contribution in [3.63, 3.8) is 0 Å². The first-order chi connectivity index (χ1) is 10.7. The van der Waals surface area contributed by atoms with Crippen LogP contribution in [0.3, 0.4) is 0 Å². The maximum Gasteiger partial charge on any atom is 0.274 e. The first kappa shape index (κ1) is 15.4. The van der Waals surface area contributed by atoms with Crippen LogP contribution >= 0.6 is 0 Å². The Morgan fingerprint density at radius 2 is 2.09 bits per heavy atom. The fourth-order valence-electron chi connectivity index (χ4n) is 3.79. The number of carbonyl (C=O) groups is 1. The van der Waals surface area contributed by atoms with Crippen LogP contribution in [0, 0.1) is 11.7 Å². The van der Waals surface area contributed by atoms with Gasteiger partial charge in [0, 0.05) is 25.2 Å². The molecule has 1 aliphatic heterocycles. The maximum atomic E-state index is 14.1. The molecule has 1 saturated carbocycles. The zero-order valence-corrected chi connectivity index (χ0v) is 12.8. The Morgan fingerprint density at radius 3 is 2.82 bits per heavy atom. The summed E-state index contributed by atoms with van der Waals surface area (Å²) in [5.41, 5.74) is 3.34. The van der Waals surface area contributed by atoms with Crippen molar-refractivity contribution < 1.29 is 14.4 Å². The highest BCUT2D eigenvalue weighted by Gasteiger charge is 2.24. The Labute approximate surface area is 130 Å². The predicted molar refractivity (Wildman–Crippen MR) is 81.2 cm³/mol. The summed E-state index contributed by atoms with van der Waals surface area (Å²) in [7, 11) is 0. The topological polar surface area (TPSA) is 52.6 Å². The highest BCUT2D eigenvalue weighted by molar-refractivity contribution is 5.93. The first-order valence-corrected chi connectivity index (χ1v) is 8.15. The molecule has 0 bridgehead atoms. The predicted octanol–water partition coefficient (Wildman–Crippen LogP) is 2.88. The number of hydrogen-bond acceptors (Lipinski definition) is 3. The molecule has 1 aromatic rings. The smallest absolute Gasteiger partial charge is 0.274 e. The fourth-order valence-corrected chi connectivity index (χ4v) is 3.79. The number of halogens is 1. The molecule has 1 heterocycles.